The fourth-order valence-electron chi connectivity index (χ4n) is 0.397. The molecule has 0 aliphatic heterocycles. The molecule has 0 heterocycles. The van der Waals surface area contributed by atoms with Crippen molar-refractivity contribution in [2.45, 2.75) is 18.2 Å². The molecule has 0 aromatic carbocycles. The minimum absolute atomic E-state index is 0. The smallest absolute Gasteiger partial charge is 0.393 e. The highest BCUT2D eigenvalue weighted by Crippen LogP contribution is 2.46. The topological polar surface area (TPSA) is 26.3 Å². The van der Waals surface area contributed by atoms with Crippen LogP contribution in [0.3, 0.4) is 0 Å². The number of halogens is 8. The molecule has 96 valence electrons. The predicted molar refractivity (Wildman–Crippen MR) is 34.7 cm³/mol. The zero-order valence-corrected chi connectivity index (χ0v) is 7.15. The monoisotopic (exact) mass is 260 g/mol. The fourth-order valence-corrected chi connectivity index (χ4v) is 0.397. The third-order valence-corrected chi connectivity index (χ3v) is 1.12. The van der Waals surface area contributed by atoms with Crippen LogP contribution in [0.4, 0.5) is 35.4 Å². The zero-order valence-electron chi connectivity index (χ0n) is 7.15. The van der Waals surface area contributed by atoms with Crippen molar-refractivity contribution in [1.29, 1.82) is 0 Å². The Balaban J connectivity index is 0. The molecule has 0 rings (SSSR count). The van der Waals surface area contributed by atoms with Crippen molar-refractivity contribution in [3.63, 3.8) is 0 Å². The van der Waals surface area contributed by atoms with Gasteiger partial charge in [-0.1, -0.05) is 6.58 Å². The summed E-state index contributed by atoms with van der Waals surface area (Å²) >= 11 is 0. The fraction of sp³-hybridized carbons (Fsp3) is 0.500. The number of carbonyl (C=O) groups is 1. The van der Waals surface area contributed by atoms with E-state index in [1.165, 1.54) is 0 Å². The highest BCUT2D eigenvalue weighted by molar-refractivity contribution is 5.81. The summed E-state index contributed by atoms with van der Waals surface area (Å²) < 4.78 is 85.3. The van der Waals surface area contributed by atoms with Gasteiger partial charge >= 0.3 is 24.2 Å². The molecule has 0 aromatic rings. The first-order chi connectivity index (χ1) is 6.45. The number of rotatable bonds is 3. The van der Waals surface area contributed by atoms with E-state index >= 15 is 0 Å². The highest BCUT2D eigenvalue weighted by atomic mass is 19.4. The Morgan fingerprint density at radius 2 is 1.44 bits per heavy atom. The van der Waals surface area contributed by atoms with E-state index in [1.54, 1.807) is 0 Å². The van der Waals surface area contributed by atoms with Crippen LogP contribution in [0.15, 0.2) is 12.7 Å². The molecule has 0 aromatic heterocycles. The van der Waals surface area contributed by atoms with E-state index in [0.717, 1.165) is 0 Å². The van der Waals surface area contributed by atoms with E-state index in [9.17, 15) is 35.5 Å². The molecule has 16 heavy (non-hydrogen) atoms. The zero-order chi connectivity index (χ0) is 12.5. The predicted octanol–water partition coefficient (Wildman–Crippen LogP) is 2.66. The van der Waals surface area contributed by atoms with Gasteiger partial charge in [0.15, 0.2) is 0 Å². The van der Waals surface area contributed by atoms with Crippen molar-refractivity contribution in [3.8, 4) is 0 Å². The maximum absolute atomic E-state index is 12.2. The Morgan fingerprint density at radius 1 is 1.06 bits per heavy atom. The van der Waals surface area contributed by atoms with Gasteiger partial charge in [-0.2, -0.15) is 30.7 Å². The molecule has 0 saturated carbocycles. The maximum Gasteiger partial charge on any atom is 0.476 e. The SMILES string of the molecule is C=CC(=O)OC(F)(F)C(F)(F)C(F)(F)F.F. The van der Waals surface area contributed by atoms with Gasteiger partial charge in [0.1, 0.15) is 0 Å². The Morgan fingerprint density at radius 3 is 1.69 bits per heavy atom. The molecular weight excluding hydrogens is 256 g/mol. The van der Waals surface area contributed by atoms with Crippen molar-refractivity contribution in [3.05, 3.63) is 12.7 Å². The van der Waals surface area contributed by atoms with Crippen LogP contribution in [-0.2, 0) is 9.53 Å². The summed E-state index contributed by atoms with van der Waals surface area (Å²) in [7, 11) is 0. The summed E-state index contributed by atoms with van der Waals surface area (Å²) in [4.78, 5) is 10.1. The molecule has 0 saturated heterocycles. The molecule has 0 spiro atoms. The van der Waals surface area contributed by atoms with Crippen molar-refractivity contribution >= 4 is 5.97 Å². The molecule has 0 radical (unpaired) electrons. The molecule has 0 amide bonds. The van der Waals surface area contributed by atoms with Gasteiger partial charge in [-0.15, -0.1) is 0 Å². The molecule has 0 atom stereocenters. The molecular formula is C6H4F8O2. The summed E-state index contributed by atoms with van der Waals surface area (Å²) in [6, 6.07) is 0. The Kier molecular flexibility index (Phi) is 4.97. The second-order valence-electron chi connectivity index (χ2n) is 2.21. The molecule has 0 aliphatic carbocycles. The van der Waals surface area contributed by atoms with Gasteiger partial charge in [0.05, 0.1) is 0 Å². The van der Waals surface area contributed by atoms with E-state index in [4.69, 9.17) is 0 Å². The summed E-state index contributed by atoms with van der Waals surface area (Å²) in [5.74, 6) is -8.55. The summed E-state index contributed by atoms with van der Waals surface area (Å²) in [6.07, 6.45) is -12.5. The molecule has 0 fully saturated rings. The van der Waals surface area contributed by atoms with E-state index in [-0.39, 0.29) is 10.8 Å². The lowest BCUT2D eigenvalue weighted by atomic mass is 10.3. The average Bonchev–Trinajstić information content (AvgIpc) is 2.00. The van der Waals surface area contributed by atoms with Gasteiger partial charge in [0.2, 0.25) is 0 Å². The van der Waals surface area contributed by atoms with Crippen molar-refractivity contribution < 1.29 is 45.0 Å². The number of carbonyl (C=O) groups excluding carboxylic acids is 1. The molecule has 2 nitrogen and oxygen atoms in total. The first-order valence-corrected chi connectivity index (χ1v) is 3.13. The van der Waals surface area contributed by atoms with Crippen molar-refractivity contribution in [2.75, 3.05) is 0 Å². The summed E-state index contributed by atoms with van der Waals surface area (Å²) in [5.41, 5.74) is 0. The standard InChI is InChI=1S/C6H3F7O2.FH/c1-2-3(14)15-6(12,13)4(7,8)5(9,10)11;/h2H,1H2;1H. The van der Waals surface area contributed by atoms with Gasteiger partial charge < -0.3 is 4.74 Å². The number of hydrogen-bond acceptors (Lipinski definition) is 2. The number of esters is 1. The van der Waals surface area contributed by atoms with Gasteiger partial charge in [-0.3, -0.25) is 4.70 Å². The van der Waals surface area contributed by atoms with Gasteiger partial charge in [0.25, 0.3) is 0 Å². The number of hydrogen-bond donors (Lipinski definition) is 0. The second kappa shape index (κ2) is 4.66. The summed E-state index contributed by atoms with van der Waals surface area (Å²) in [5, 5.41) is 0. The number of ether oxygens (including phenoxy) is 1. The van der Waals surface area contributed by atoms with Crippen LogP contribution in [0, 0.1) is 0 Å². The van der Waals surface area contributed by atoms with E-state index in [0.29, 0.717) is 0 Å². The Hall–Kier alpha value is -1.35. The van der Waals surface area contributed by atoms with Gasteiger partial charge in [0, 0.05) is 6.08 Å². The quantitative estimate of drug-likeness (QED) is 0.443. The lowest BCUT2D eigenvalue weighted by molar-refractivity contribution is -0.411. The summed E-state index contributed by atoms with van der Waals surface area (Å²) in [6.45, 7) is 2.55. The molecule has 0 N–H and O–H groups in total. The minimum Gasteiger partial charge on any atom is -0.393 e. The van der Waals surface area contributed by atoms with Crippen LogP contribution >= 0.6 is 0 Å². The Labute approximate surface area is 83.0 Å². The van der Waals surface area contributed by atoms with E-state index < -0.39 is 24.2 Å². The molecule has 0 unspecified atom stereocenters. The van der Waals surface area contributed by atoms with E-state index in [2.05, 4.69) is 11.3 Å². The van der Waals surface area contributed by atoms with Crippen molar-refractivity contribution in [2.24, 2.45) is 0 Å². The van der Waals surface area contributed by atoms with Gasteiger partial charge in [-0.25, -0.2) is 4.79 Å². The van der Waals surface area contributed by atoms with Gasteiger partial charge in [-0.05, 0) is 0 Å². The van der Waals surface area contributed by atoms with Crippen molar-refractivity contribution in [1.82, 2.24) is 0 Å². The third kappa shape index (κ3) is 3.07. The molecule has 0 bridgehead atoms. The highest BCUT2D eigenvalue weighted by Gasteiger charge is 2.76. The lowest BCUT2D eigenvalue weighted by Gasteiger charge is -2.26. The van der Waals surface area contributed by atoms with Crippen LogP contribution in [-0.4, -0.2) is 24.2 Å². The third-order valence-electron chi connectivity index (χ3n) is 1.12. The maximum atomic E-state index is 12.2. The van der Waals surface area contributed by atoms with Crippen LogP contribution in [0.2, 0.25) is 0 Å². The Bertz CT molecular complexity index is 268. The minimum atomic E-state index is -6.53. The molecule has 0 aliphatic rings. The lowest BCUT2D eigenvalue weighted by Crippen LogP contribution is -2.53. The second-order valence-corrected chi connectivity index (χ2v) is 2.21. The first kappa shape index (κ1) is 17.1. The van der Waals surface area contributed by atoms with Crippen LogP contribution in [0.25, 0.3) is 0 Å². The largest absolute Gasteiger partial charge is 0.476 e. The van der Waals surface area contributed by atoms with Crippen LogP contribution in [0.1, 0.15) is 0 Å². The average molecular weight is 260 g/mol. The van der Waals surface area contributed by atoms with E-state index in [1.807, 2.05) is 0 Å². The first-order valence-electron chi connectivity index (χ1n) is 3.13. The van der Waals surface area contributed by atoms with Crippen LogP contribution in [0.5, 0.6) is 0 Å². The molecule has 10 heteroatoms. The van der Waals surface area contributed by atoms with Crippen LogP contribution < -0.4 is 0 Å². The number of alkyl halides is 7. The normalized spacial score (nSPS) is 12.7.